The molecule has 2 aliphatic rings. The lowest BCUT2D eigenvalue weighted by molar-refractivity contribution is -0.145. The van der Waals surface area contributed by atoms with E-state index < -0.39 is 6.10 Å². The highest BCUT2D eigenvalue weighted by Gasteiger charge is 2.36. The van der Waals surface area contributed by atoms with Gasteiger partial charge in [-0.05, 0) is 43.0 Å². The van der Waals surface area contributed by atoms with E-state index in [9.17, 15) is 4.79 Å². The van der Waals surface area contributed by atoms with Crippen molar-refractivity contribution in [1.29, 1.82) is 0 Å². The van der Waals surface area contributed by atoms with Gasteiger partial charge >= 0.3 is 0 Å². The molecule has 2 atom stereocenters. The first kappa shape index (κ1) is 21.3. The number of pyridine rings is 1. The number of nitrogens with zero attached hydrogens (tertiary/aromatic N) is 4. The molecule has 1 unspecified atom stereocenters. The van der Waals surface area contributed by atoms with Crippen LogP contribution in [0.3, 0.4) is 0 Å². The average Bonchev–Trinajstić information content (AvgIpc) is 2.97. The number of ether oxygens (including phenoxy) is 1. The monoisotopic (exact) mass is 475 g/mol. The van der Waals surface area contributed by atoms with E-state index in [0.29, 0.717) is 53.8 Å². The number of amides is 1. The van der Waals surface area contributed by atoms with Crippen molar-refractivity contribution in [3.8, 4) is 0 Å². The Hall–Kier alpha value is -2.55. The van der Waals surface area contributed by atoms with Crippen LogP contribution < -0.4 is 10.6 Å². The van der Waals surface area contributed by atoms with Gasteiger partial charge < -0.3 is 24.7 Å². The van der Waals surface area contributed by atoms with E-state index in [-0.39, 0.29) is 18.0 Å². The number of carbonyl (C=O) groups excluding carboxylic acids is 1. The van der Waals surface area contributed by atoms with Gasteiger partial charge in [0.15, 0.2) is 11.7 Å². The maximum absolute atomic E-state index is 13.6. The number of hydrogen-bond acceptors (Lipinski definition) is 7. The molecule has 0 bridgehead atoms. The molecule has 4 heterocycles. The molecule has 32 heavy (non-hydrogen) atoms. The molecule has 2 aromatic heterocycles. The summed E-state index contributed by atoms with van der Waals surface area (Å²) in [6.07, 6.45) is 4.17. The number of anilines is 2. The number of nitrogen functional groups attached to an aromatic ring is 1. The molecular weight excluding hydrogens is 453 g/mol. The Morgan fingerprint density at radius 1 is 1.25 bits per heavy atom. The van der Waals surface area contributed by atoms with Gasteiger partial charge in [-0.25, -0.2) is 0 Å². The van der Waals surface area contributed by atoms with Crippen LogP contribution in [0.5, 0.6) is 0 Å². The lowest BCUT2D eigenvalue weighted by Gasteiger charge is -2.38. The Morgan fingerprint density at radius 2 is 2.09 bits per heavy atom. The molecule has 3 aromatic rings. The third-order valence-electron chi connectivity index (χ3n) is 6.16. The molecule has 2 N–H and O–H groups in total. The quantitative estimate of drug-likeness (QED) is 0.600. The van der Waals surface area contributed by atoms with Gasteiger partial charge in [-0.15, -0.1) is 0 Å². The Morgan fingerprint density at radius 3 is 2.94 bits per heavy atom. The molecular formula is C22H23Cl2N5O3. The third kappa shape index (κ3) is 3.76. The Balaban J connectivity index is 1.41. The SMILES string of the molecule is C[C@H]1c2c(Cl)cc(Cl)cc2CCN1C(=O)C1CN(c2cncc3nc(N)oc23)CCCO1. The predicted molar refractivity (Wildman–Crippen MR) is 123 cm³/mol. The minimum absolute atomic E-state index is 0.0571. The van der Waals surface area contributed by atoms with E-state index in [1.807, 2.05) is 17.9 Å². The first-order valence-corrected chi connectivity index (χ1v) is 11.3. The van der Waals surface area contributed by atoms with Crippen LogP contribution in [-0.4, -0.2) is 53.1 Å². The normalized spacial score (nSPS) is 21.5. The van der Waals surface area contributed by atoms with Gasteiger partial charge in [0.1, 0.15) is 11.2 Å². The van der Waals surface area contributed by atoms with Gasteiger partial charge in [0.2, 0.25) is 0 Å². The van der Waals surface area contributed by atoms with Crippen LogP contribution in [0.2, 0.25) is 10.0 Å². The van der Waals surface area contributed by atoms with Crippen LogP contribution in [0.25, 0.3) is 11.1 Å². The van der Waals surface area contributed by atoms with E-state index in [1.165, 1.54) is 0 Å². The number of oxazole rings is 1. The van der Waals surface area contributed by atoms with E-state index >= 15 is 0 Å². The average molecular weight is 476 g/mol. The number of hydrogen-bond donors (Lipinski definition) is 1. The van der Waals surface area contributed by atoms with E-state index in [0.717, 1.165) is 23.2 Å². The van der Waals surface area contributed by atoms with Crippen molar-refractivity contribution in [1.82, 2.24) is 14.9 Å². The van der Waals surface area contributed by atoms with Crippen LogP contribution in [-0.2, 0) is 16.0 Å². The second kappa shape index (κ2) is 8.42. The van der Waals surface area contributed by atoms with Gasteiger partial charge in [0, 0.05) is 29.7 Å². The number of halogens is 2. The standard InChI is InChI=1S/C22H23Cl2N5O3/c1-12-19-13(7-14(23)8-15(19)24)3-5-29(12)21(30)18-11-28(4-2-6-31-18)17-10-26-9-16-20(17)32-22(25)27-16/h7-10,12,18H,2-6,11H2,1H3,(H2,25,27)/t12-,18?/m0/s1. The molecule has 168 valence electrons. The molecule has 0 aliphatic carbocycles. The summed E-state index contributed by atoms with van der Waals surface area (Å²) >= 11 is 12.7. The second-order valence-electron chi connectivity index (χ2n) is 8.14. The number of aromatic nitrogens is 2. The lowest BCUT2D eigenvalue weighted by atomic mass is 9.93. The minimum Gasteiger partial charge on any atom is -0.421 e. The van der Waals surface area contributed by atoms with Gasteiger partial charge in [-0.2, -0.15) is 4.98 Å². The molecule has 1 amide bonds. The summed E-state index contributed by atoms with van der Waals surface area (Å²) in [6, 6.07) is 3.58. The van der Waals surface area contributed by atoms with Crippen molar-refractivity contribution >= 4 is 51.9 Å². The maximum atomic E-state index is 13.6. The molecule has 1 fully saturated rings. The predicted octanol–water partition coefficient (Wildman–Crippen LogP) is 3.85. The van der Waals surface area contributed by atoms with Crippen LogP contribution >= 0.6 is 23.2 Å². The molecule has 10 heteroatoms. The highest BCUT2D eigenvalue weighted by molar-refractivity contribution is 6.35. The molecule has 1 saturated heterocycles. The summed E-state index contributed by atoms with van der Waals surface area (Å²) in [4.78, 5) is 25.9. The smallest absolute Gasteiger partial charge is 0.293 e. The summed E-state index contributed by atoms with van der Waals surface area (Å²) in [5, 5.41) is 1.20. The zero-order chi connectivity index (χ0) is 22.4. The number of carbonyl (C=O) groups is 1. The number of rotatable bonds is 2. The largest absolute Gasteiger partial charge is 0.421 e. The Bertz CT molecular complexity index is 1180. The minimum atomic E-state index is -0.622. The summed E-state index contributed by atoms with van der Waals surface area (Å²) in [5.74, 6) is -0.0571. The third-order valence-corrected chi connectivity index (χ3v) is 6.69. The first-order chi connectivity index (χ1) is 15.4. The summed E-state index contributed by atoms with van der Waals surface area (Å²) in [6.45, 7) is 4.15. The molecule has 5 rings (SSSR count). The molecule has 8 nitrogen and oxygen atoms in total. The Kier molecular flexibility index (Phi) is 5.61. The fraction of sp³-hybridized carbons (Fsp3) is 0.409. The summed E-state index contributed by atoms with van der Waals surface area (Å²) in [5.41, 5.74) is 9.68. The van der Waals surface area contributed by atoms with Gasteiger partial charge in [0.05, 0.1) is 25.0 Å². The summed E-state index contributed by atoms with van der Waals surface area (Å²) < 4.78 is 11.6. The highest BCUT2D eigenvalue weighted by Crippen LogP contribution is 2.37. The van der Waals surface area contributed by atoms with Crippen molar-refractivity contribution < 1.29 is 13.9 Å². The Labute approximate surface area is 195 Å². The van der Waals surface area contributed by atoms with E-state index in [2.05, 4.69) is 14.9 Å². The molecule has 0 saturated carbocycles. The number of benzene rings is 1. The van der Waals surface area contributed by atoms with Gasteiger partial charge in [-0.3, -0.25) is 9.78 Å². The van der Waals surface area contributed by atoms with Crippen LogP contribution in [0.1, 0.15) is 30.5 Å². The lowest BCUT2D eigenvalue weighted by Crippen LogP contribution is -2.48. The van der Waals surface area contributed by atoms with Crippen LogP contribution in [0, 0.1) is 0 Å². The number of fused-ring (bicyclic) bond motifs is 2. The van der Waals surface area contributed by atoms with Crippen molar-refractivity contribution in [2.75, 3.05) is 36.9 Å². The fourth-order valence-corrected chi connectivity index (χ4v) is 5.36. The number of nitrogens with two attached hydrogens (primary N) is 1. The topological polar surface area (TPSA) is 97.7 Å². The molecule has 0 radical (unpaired) electrons. The van der Waals surface area contributed by atoms with Gasteiger partial charge in [0.25, 0.3) is 11.9 Å². The zero-order valence-electron chi connectivity index (χ0n) is 17.6. The van der Waals surface area contributed by atoms with Gasteiger partial charge in [-0.1, -0.05) is 23.2 Å². The molecule has 2 aliphatic heterocycles. The summed E-state index contributed by atoms with van der Waals surface area (Å²) in [7, 11) is 0. The van der Waals surface area contributed by atoms with Crippen molar-refractivity contribution in [3.63, 3.8) is 0 Å². The first-order valence-electron chi connectivity index (χ1n) is 10.6. The van der Waals surface area contributed by atoms with Crippen molar-refractivity contribution in [3.05, 3.63) is 45.7 Å². The van der Waals surface area contributed by atoms with E-state index in [4.69, 9.17) is 38.1 Å². The maximum Gasteiger partial charge on any atom is 0.293 e. The molecule has 1 aromatic carbocycles. The second-order valence-corrected chi connectivity index (χ2v) is 8.98. The van der Waals surface area contributed by atoms with Crippen LogP contribution in [0.15, 0.2) is 28.9 Å². The zero-order valence-corrected chi connectivity index (χ0v) is 19.1. The fourth-order valence-electron chi connectivity index (χ4n) is 4.67. The van der Waals surface area contributed by atoms with Crippen molar-refractivity contribution in [2.45, 2.75) is 31.9 Å². The van der Waals surface area contributed by atoms with Crippen LogP contribution in [0.4, 0.5) is 11.7 Å². The highest BCUT2D eigenvalue weighted by atomic mass is 35.5. The van der Waals surface area contributed by atoms with E-state index in [1.54, 1.807) is 18.5 Å². The molecule has 0 spiro atoms. The van der Waals surface area contributed by atoms with Crippen molar-refractivity contribution in [2.24, 2.45) is 0 Å².